The first-order valence-corrected chi connectivity index (χ1v) is 6.50. The van der Waals surface area contributed by atoms with Gasteiger partial charge in [0.1, 0.15) is 0 Å². The van der Waals surface area contributed by atoms with Crippen molar-refractivity contribution in [2.45, 2.75) is 26.3 Å². The number of hydrogen-bond donors (Lipinski definition) is 0. The molecule has 0 amide bonds. The van der Waals surface area contributed by atoms with Crippen molar-refractivity contribution in [3.05, 3.63) is 69.1 Å². The topological polar surface area (TPSA) is 22.0 Å². The highest BCUT2D eigenvalue weighted by Gasteiger charge is 1.99. The van der Waals surface area contributed by atoms with Crippen molar-refractivity contribution in [3.8, 4) is 0 Å². The second kappa shape index (κ2) is 5.87. The molecule has 1 aromatic carbocycles. The quantitative estimate of drug-likeness (QED) is 0.826. The minimum absolute atomic E-state index is 0.0305. The number of benzene rings is 1. The normalized spacial score (nSPS) is 10.6. The van der Waals surface area contributed by atoms with Crippen LogP contribution in [-0.2, 0) is 13.0 Å². The molecule has 0 spiro atoms. The Balaban J connectivity index is 2.18. The first kappa shape index (κ1) is 12.9. The summed E-state index contributed by atoms with van der Waals surface area (Å²) in [6.45, 7) is 2.73. The smallest absolute Gasteiger partial charge is 0.250 e. The molecule has 0 N–H and O–H groups in total. The van der Waals surface area contributed by atoms with Gasteiger partial charge in [0.15, 0.2) is 0 Å². The number of pyridine rings is 1. The fourth-order valence-electron chi connectivity index (χ4n) is 1.92. The summed E-state index contributed by atoms with van der Waals surface area (Å²) in [6.07, 6.45) is 3.91. The monoisotopic (exact) mass is 261 g/mol. The van der Waals surface area contributed by atoms with Gasteiger partial charge >= 0.3 is 0 Å². The molecule has 0 saturated carbocycles. The van der Waals surface area contributed by atoms with Crippen LogP contribution in [0.1, 0.15) is 24.5 Å². The van der Waals surface area contributed by atoms with Gasteiger partial charge in [-0.05, 0) is 23.6 Å². The minimum Gasteiger partial charge on any atom is -0.310 e. The minimum atomic E-state index is -0.0305. The highest BCUT2D eigenvalue weighted by Crippen LogP contribution is 2.09. The maximum Gasteiger partial charge on any atom is 0.250 e. The van der Waals surface area contributed by atoms with Crippen molar-refractivity contribution < 1.29 is 0 Å². The Bertz CT molecular complexity index is 572. The molecular weight excluding hydrogens is 246 g/mol. The van der Waals surface area contributed by atoms with Crippen molar-refractivity contribution in [1.29, 1.82) is 0 Å². The summed E-state index contributed by atoms with van der Waals surface area (Å²) in [6, 6.07) is 11.5. The van der Waals surface area contributed by atoms with Gasteiger partial charge in [-0.2, -0.15) is 0 Å². The van der Waals surface area contributed by atoms with Crippen LogP contribution < -0.4 is 5.56 Å². The first-order valence-electron chi connectivity index (χ1n) is 6.13. The molecule has 0 radical (unpaired) electrons. The highest BCUT2D eigenvalue weighted by molar-refractivity contribution is 6.30. The lowest BCUT2D eigenvalue weighted by Crippen LogP contribution is -2.18. The van der Waals surface area contributed by atoms with Crippen molar-refractivity contribution >= 4 is 11.6 Å². The summed E-state index contributed by atoms with van der Waals surface area (Å²) in [5.41, 5.74) is 2.41. The summed E-state index contributed by atoms with van der Waals surface area (Å²) in [5.74, 6) is 0. The Labute approximate surface area is 112 Å². The van der Waals surface area contributed by atoms with E-state index >= 15 is 0 Å². The van der Waals surface area contributed by atoms with E-state index < -0.39 is 0 Å². The third-order valence-electron chi connectivity index (χ3n) is 2.86. The molecule has 1 heterocycles. The second-order valence-corrected chi connectivity index (χ2v) is 4.82. The van der Waals surface area contributed by atoms with Gasteiger partial charge in [-0.3, -0.25) is 4.79 Å². The maximum atomic E-state index is 11.6. The maximum absolute atomic E-state index is 11.6. The molecule has 0 saturated heterocycles. The molecule has 0 atom stereocenters. The van der Waals surface area contributed by atoms with E-state index in [4.69, 9.17) is 11.6 Å². The summed E-state index contributed by atoms with van der Waals surface area (Å²) in [4.78, 5) is 11.6. The van der Waals surface area contributed by atoms with E-state index in [1.807, 2.05) is 0 Å². The number of rotatable bonds is 4. The van der Waals surface area contributed by atoms with Gasteiger partial charge in [0.05, 0.1) is 11.6 Å². The number of nitrogens with zero attached hydrogens (tertiary/aromatic N) is 1. The Morgan fingerprint density at radius 1 is 1.06 bits per heavy atom. The van der Waals surface area contributed by atoms with Crippen LogP contribution in [0.15, 0.2) is 47.4 Å². The van der Waals surface area contributed by atoms with Crippen LogP contribution in [-0.4, -0.2) is 4.57 Å². The van der Waals surface area contributed by atoms with Crippen molar-refractivity contribution in [2.24, 2.45) is 0 Å². The molecule has 0 aliphatic heterocycles. The summed E-state index contributed by atoms with van der Waals surface area (Å²) in [5, 5.41) is 0.581. The molecule has 2 nitrogen and oxygen atoms in total. The van der Waals surface area contributed by atoms with Crippen molar-refractivity contribution in [3.63, 3.8) is 0 Å². The molecular formula is C15H16ClNO. The molecule has 0 aliphatic carbocycles. The van der Waals surface area contributed by atoms with Crippen LogP contribution in [0.25, 0.3) is 0 Å². The largest absolute Gasteiger partial charge is 0.310 e. The molecule has 2 rings (SSSR count). The third-order valence-corrected chi connectivity index (χ3v) is 3.09. The van der Waals surface area contributed by atoms with Gasteiger partial charge in [-0.1, -0.05) is 49.2 Å². The van der Waals surface area contributed by atoms with E-state index in [0.717, 1.165) is 18.4 Å². The molecule has 0 aliphatic rings. The van der Waals surface area contributed by atoms with E-state index in [-0.39, 0.29) is 5.56 Å². The molecule has 1 aromatic heterocycles. The Hall–Kier alpha value is -1.54. The zero-order valence-corrected chi connectivity index (χ0v) is 11.2. The van der Waals surface area contributed by atoms with Crippen LogP contribution in [0, 0.1) is 0 Å². The van der Waals surface area contributed by atoms with Gasteiger partial charge in [-0.25, -0.2) is 0 Å². The van der Waals surface area contributed by atoms with E-state index in [2.05, 4.69) is 31.2 Å². The predicted molar refractivity (Wildman–Crippen MR) is 75.3 cm³/mol. The van der Waals surface area contributed by atoms with Gasteiger partial charge in [0.25, 0.3) is 5.56 Å². The Kier molecular flexibility index (Phi) is 4.21. The lowest BCUT2D eigenvalue weighted by Gasteiger charge is -2.07. The van der Waals surface area contributed by atoms with Gasteiger partial charge in [0, 0.05) is 12.3 Å². The summed E-state index contributed by atoms with van der Waals surface area (Å²) in [7, 11) is 0. The van der Waals surface area contributed by atoms with Crippen molar-refractivity contribution in [1.82, 2.24) is 4.57 Å². The third kappa shape index (κ3) is 3.23. The fraction of sp³-hybridized carbons (Fsp3) is 0.267. The van der Waals surface area contributed by atoms with Crippen LogP contribution in [0.4, 0.5) is 0 Å². The van der Waals surface area contributed by atoms with Gasteiger partial charge < -0.3 is 4.57 Å². The molecule has 2 aromatic rings. The summed E-state index contributed by atoms with van der Waals surface area (Å²) >= 11 is 5.89. The number of halogens is 1. The molecule has 0 bridgehead atoms. The highest BCUT2D eigenvalue weighted by atomic mass is 35.5. The van der Waals surface area contributed by atoms with Crippen molar-refractivity contribution in [2.75, 3.05) is 0 Å². The predicted octanol–water partition coefficient (Wildman–Crippen LogP) is 3.50. The SMILES string of the molecule is CCCc1ccc(Cn2cc(Cl)ccc2=O)cc1. The lowest BCUT2D eigenvalue weighted by atomic mass is 10.1. The molecule has 3 heteroatoms. The van der Waals surface area contributed by atoms with Crippen LogP contribution >= 0.6 is 11.6 Å². The summed E-state index contributed by atoms with van der Waals surface area (Å²) < 4.78 is 1.62. The number of aryl methyl sites for hydroxylation is 1. The van der Waals surface area contributed by atoms with E-state index in [1.54, 1.807) is 16.8 Å². The van der Waals surface area contributed by atoms with Gasteiger partial charge in [0.2, 0.25) is 0 Å². The molecule has 0 unspecified atom stereocenters. The average molecular weight is 262 g/mol. The zero-order chi connectivity index (χ0) is 13.0. The van der Waals surface area contributed by atoms with Gasteiger partial charge in [-0.15, -0.1) is 0 Å². The van der Waals surface area contributed by atoms with E-state index in [0.29, 0.717) is 11.6 Å². The second-order valence-electron chi connectivity index (χ2n) is 4.38. The average Bonchev–Trinajstić information content (AvgIpc) is 2.37. The van der Waals surface area contributed by atoms with Crippen LogP contribution in [0.3, 0.4) is 0 Å². The van der Waals surface area contributed by atoms with Crippen LogP contribution in [0.5, 0.6) is 0 Å². The zero-order valence-electron chi connectivity index (χ0n) is 10.4. The fourth-order valence-corrected chi connectivity index (χ4v) is 2.10. The molecule has 18 heavy (non-hydrogen) atoms. The number of hydrogen-bond acceptors (Lipinski definition) is 1. The Morgan fingerprint density at radius 2 is 1.72 bits per heavy atom. The van der Waals surface area contributed by atoms with Crippen LogP contribution in [0.2, 0.25) is 5.02 Å². The Morgan fingerprint density at radius 3 is 2.39 bits per heavy atom. The standard InChI is InChI=1S/C15H16ClNO/c1-2-3-12-4-6-13(7-5-12)10-17-11-14(16)8-9-15(17)18/h4-9,11H,2-3,10H2,1H3. The first-order chi connectivity index (χ1) is 8.69. The lowest BCUT2D eigenvalue weighted by molar-refractivity contribution is 0.759. The number of aromatic nitrogens is 1. The van der Waals surface area contributed by atoms with E-state index in [1.165, 1.54) is 11.6 Å². The molecule has 0 fully saturated rings. The molecule has 94 valence electrons. The van der Waals surface area contributed by atoms with E-state index in [9.17, 15) is 4.79 Å².